The van der Waals surface area contributed by atoms with Crippen LogP contribution in [0.1, 0.15) is 17.0 Å². The maximum Gasteiger partial charge on any atom is 0.244 e. The summed E-state index contributed by atoms with van der Waals surface area (Å²) in [7, 11) is -3.62. The highest BCUT2D eigenvalue weighted by Gasteiger charge is 2.23. The number of aromatic amines is 1. The van der Waals surface area contributed by atoms with E-state index in [2.05, 4.69) is 20.0 Å². The Morgan fingerprint density at radius 1 is 1.45 bits per heavy atom. The molecule has 0 amide bonds. The number of aromatic nitrogens is 4. The first-order chi connectivity index (χ1) is 9.44. The highest BCUT2D eigenvalue weighted by Crippen LogP contribution is 2.16. The molecule has 0 fully saturated rings. The average molecular weight is 298 g/mol. The molecule has 0 aliphatic heterocycles. The molecular formula is C11H18N6O2S. The van der Waals surface area contributed by atoms with Gasteiger partial charge in [-0.05, 0) is 19.4 Å². The van der Waals surface area contributed by atoms with Crippen molar-refractivity contribution in [2.24, 2.45) is 5.73 Å². The molecule has 0 aliphatic carbocycles. The topological polar surface area (TPSA) is 119 Å². The van der Waals surface area contributed by atoms with E-state index in [4.69, 9.17) is 5.73 Å². The summed E-state index contributed by atoms with van der Waals surface area (Å²) in [6.07, 6.45) is 3.57. The van der Waals surface area contributed by atoms with Gasteiger partial charge in [0.15, 0.2) is 0 Å². The Morgan fingerprint density at radius 2 is 2.20 bits per heavy atom. The van der Waals surface area contributed by atoms with Crippen molar-refractivity contribution >= 4 is 10.0 Å². The Balaban J connectivity index is 2.06. The summed E-state index contributed by atoms with van der Waals surface area (Å²) >= 11 is 0. The second-order valence-electron chi connectivity index (χ2n) is 4.51. The predicted octanol–water partition coefficient (Wildman–Crippen LogP) is -0.340. The lowest BCUT2D eigenvalue weighted by Crippen LogP contribution is -2.28. The molecule has 0 radical (unpaired) electrons. The van der Waals surface area contributed by atoms with Gasteiger partial charge in [-0.1, -0.05) is 0 Å². The van der Waals surface area contributed by atoms with Crippen molar-refractivity contribution in [3.63, 3.8) is 0 Å². The quantitative estimate of drug-likeness (QED) is 0.674. The molecule has 0 saturated carbocycles. The SMILES string of the molecule is Cc1cnn(CCNS(=O)(=O)c2c(CN)n[nH]c2C)c1. The molecule has 0 atom stereocenters. The summed E-state index contributed by atoms with van der Waals surface area (Å²) in [5, 5.41) is 10.6. The number of nitrogens with zero attached hydrogens (tertiary/aromatic N) is 3. The van der Waals surface area contributed by atoms with Crippen LogP contribution in [0.25, 0.3) is 0 Å². The van der Waals surface area contributed by atoms with E-state index in [1.807, 2.05) is 13.1 Å². The minimum atomic E-state index is -3.62. The molecule has 0 unspecified atom stereocenters. The van der Waals surface area contributed by atoms with Gasteiger partial charge in [-0.2, -0.15) is 10.2 Å². The molecule has 20 heavy (non-hydrogen) atoms. The number of hydrogen-bond donors (Lipinski definition) is 3. The smallest absolute Gasteiger partial charge is 0.244 e. The lowest BCUT2D eigenvalue weighted by Gasteiger charge is -2.07. The first kappa shape index (κ1) is 14.7. The van der Waals surface area contributed by atoms with Crippen LogP contribution in [0, 0.1) is 13.8 Å². The molecule has 110 valence electrons. The van der Waals surface area contributed by atoms with Crippen molar-refractivity contribution in [1.29, 1.82) is 0 Å². The van der Waals surface area contributed by atoms with Gasteiger partial charge in [-0.25, -0.2) is 13.1 Å². The fourth-order valence-electron chi connectivity index (χ4n) is 1.92. The predicted molar refractivity (Wildman–Crippen MR) is 73.4 cm³/mol. The Bertz CT molecular complexity index is 688. The van der Waals surface area contributed by atoms with E-state index in [-0.39, 0.29) is 18.0 Å². The second kappa shape index (κ2) is 5.73. The van der Waals surface area contributed by atoms with Gasteiger partial charge in [-0.15, -0.1) is 0 Å². The van der Waals surface area contributed by atoms with Crippen molar-refractivity contribution in [3.05, 3.63) is 29.3 Å². The fourth-order valence-corrected chi connectivity index (χ4v) is 3.31. The van der Waals surface area contributed by atoms with Gasteiger partial charge in [0.2, 0.25) is 10.0 Å². The summed E-state index contributed by atoms with van der Waals surface area (Å²) in [5.74, 6) is 0. The molecule has 0 aliphatic rings. The van der Waals surface area contributed by atoms with E-state index in [1.54, 1.807) is 17.8 Å². The zero-order valence-corrected chi connectivity index (χ0v) is 12.2. The molecule has 8 nitrogen and oxygen atoms in total. The third kappa shape index (κ3) is 3.06. The van der Waals surface area contributed by atoms with Crippen molar-refractivity contribution in [1.82, 2.24) is 24.7 Å². The molecule has 0 aromatic carbocycles. The lowest BCUT2D eigenvalue weighted by atomic mass is 10.4. The van der Waals surface area contributed by atoms with Crippen LogP contribution in [-0.4, -0.2) is 34.9 Å². The maximum atomic E-state index is 12.2. The Hall–Kier alpha value is -1.71. The van der Waals surface area contributed by atoms with Crippen LogP contribution in [0.5, 0.6) is 0 Å². The van der Waals surface area contributed by atoms with Gasteiger partial charge in [-0.3, -0.25) is 9.78 Å². The molecule has 0 spiro atoms. The molecule has 2 aromatic rings. The number of H-pyrrole nitrogens is 1. The number of hydrogen-bond acceptors (Lipinski definition) is 5. The Morgan fingerprint density at radius 3 is 2.80 bits per heavy atom. The van der Waals surface area contributed by atoms with E-state index in [1.165, 1.54) is 0 Å². The summed E-state index contributed by atoms with van der Waals surface area (Å²) in [6.45, 7) is 4.35. The average Bonchev–Trinajstić information content (AvgIpc) is 2.95. The van der Waals surface area contributed by atoms with Crippen LogP contribution < -0.4 is 10.5 Å². The summed E-state index contributed by atoms with van der Waals surface area (Å²) in [4.78, 5) is 0.136. The minimum Gasteiger partial charge on any atom is -0.325 e. The molecule has 4 N–H and O–H groups in total. The number of aryl methyl sites for hydroxylation is 2. The molecule has 0 bridgehead atoms. The molecule has 2 aromatic heterocycles. The normalized spacial score (nSPS) is 11.9. The van der Waals surface area contributed by atoms with E-state index < -0.39 is 10.0 Å². The summed E-state index contributed by atoms with van der Waals surface area (Å²) in [6, 6.07) is 0. The second-order valence-corrected chi connectivity index (χ2v) is 6.21. The van der Waals surface area contributed by atoms with E-state index in [0.717, 1.165) is 5.56 Å². The number of nitrogens with one attached hydrogen (secondary N) is 2. The minimum absolute atomic E-state index is 0.0684. The standard InChI is InChI=1S/C11H18N6O2S/c1-8-6-13-17(7-8)4-3-14-20(18,19)11-9(2)15-16-10(11)5-12/h6-7,14H,3-5,12H2,1-2H3,(H,15,16). The number of nitrogens with two attached hydrogens (primary N) is 1. The van der Waals surface area contributed by atoms with Crippen LogP contribution in [-0.2, 0) is 23.1 Å². The van der Waals surface area contributed by atoms with Crippen LogP contribution in [0.15, 0.2) is 17.3 Å². The Labute approximate surface area is 117 Å². The fraction of sp³-hybridized carbons (Fsp3) is 0.455. The van der Waals surface area contributed by atoms with Crippen molar-refractivity contribution in [3.8, 4) is 0 Å². The Kier molecular flexibility index (Phi) is 4.21. The third-order valence-corrected chi connectivity index (χ3v) is 4.48. The summed E-state index contributed by atoms with van der Waals surface area (Å²) < 4.78 is 28.7. The van der Waals surface area contributed by atoms with E-state index >= 15 is 0 Å². The third-order valence-electron chi connectivity index (χ3n) is 2.82. The molecule has 2 heterocycles. The van der Waals surface area contributed by atoms with E-state index in [9.17, 15) is 8.42 Å². The van der Waals surface area contributed by atoms with Crippen LogP contribution >= 0.6 is 0 Å². The first-order valence-corrected chi connectivity index (χ1v) is 7.65. The zero-order valence-electron chi connectivity index (χ0n) is 11.4. The molecule has 2 rings (SSSR count). The van der Waals surface area contributed by atoms with Gasteiger partial charge < -0.3 is 5.73 Å². The van der Waals surface area contributed by atoms with Crippen molar-refractivity contribution in [2.45, 2.75) is 31.8 Å². The monoisotopic (exact) mass is 298 g/mol. The number of rotatable bonds is 6. The van der Waals surface area contributed by atoms with Crippen LogP contribution in [0.3, 0.4) is 0 Å². The van der Waals surface area contributed by atoms with Crippen LogP contribution in [0.2, 0.25) is 0 Å². The van der Waals surface area contributed by atoms with Gasteiger partial charge in [0.05, 0.1) is 24.1 Å². The highest BCUT2D eigenvalue weighted by molar-refractivity contribution is 7.89. The largest absolute Gasteiger partial charge is 0.325 e. The molecule has 0 saturated heterocycles. The van der Waals surface area contributed by atoms with Crippen molar-refractivity contribution < 1.29 is 8.42 Å². The maximum absolute atomic E-state index is 12.2. The van der Waals surface area contributed by atoms with Crippen LogP contribution in [0.4, 0.5) is 0 Å². The number of sulfonamides is 1. The molecular weight excluding hydrogens is 280 g/mol. The van der Waals surface area contributed by atoms with Gasteiger partial charge >= 0.3 is 0 Å². The summed E-state index contributed by atoms with van der Waals surface area (Å²) in [5.41, 5.74) is 7.34. The van der Waals surface area contributed by atoms with Gasteiger partial charge in [0.1, 0.15) is 4.90 Å². The van der Waals surface area contributed by atoms with Crippen molar-refractivity contribution in [2.75, 3.05) is 6.54 Å². The highest BCUT2D eigenvalue weighted by atomic mass is 32.2. The molecule has 9 heteroatoms. The van der Waals surface area contributed by atoms with Gasteiger partial charge in [0, 0.05) is 19.3 Å². The lowest BCUT2D eigenvalue weighted by molar-refractivity contribution is 0.559. The zero-order chi connectivity index (χ0) is 14.8. The first-order valence-electron chi connectivity index (χ1n) is 6.16. The van der Waals surface area contributed by atoms with Gasteiger partial charge in [0.25, 0.3) is 0 Å². The van der Waals surface area contributed by atoms with E-state index in [0.29, 0.717) is 17.9 Å².